The lowest BCUT2D eigenvalue weighted by molar-refractivity contribution is 0.0254. The SMILES string of the molecule is CCCc1ncc(CN[C@H]2[C@H]3CCCC[C@H]3[C@@H]2c2ccccc2)cn1. The van der Waals surface area contributed by atoms with Gasteiger partial charge in [-0.15, -0.1) is 0 Å². The Balaban J connectivity index is 1.44. The van der Waals surface area contributed by atoms with Crippen LogP contribution in [-0.2, 0) is 13.0 Å². The fourth-order valence-electron chi connectivity index (χ4n) is 4.94. The molecule has 2 aliphatic rings. The van der Waals surface area contributed by atoms with E-state index in [1.807, 2.05) is 12.4 Å². The van der Waals surface area contributed by atoms with Crippen LogP contribution < -0.4 is 5.32 Å². The summed E-state index contributed by atoms with van der Waals surface area (Å²) in [6.07, 6.45) is 11.7. The average molecular weight is 335 g/mol. The number of aryl methyl sites for hydroxylation is 1. The van der Waals surface area contributed by atoms with Gasteiger partial charge in [0.2, 0.25) is 0 Å². The van der Waals surface area contributed by atoms with Crippen LogP contribution in [0.4, 0.5) is 0 Å². The third-order valence-corrected chi connectivity index (χ3v) is 6.14. The topological polar surface area (TPSA) is 37.8 Å². The average Bonchev–Trinajstić information content (AvgIpc) is 2.65. The van der Waals surface area contributed by atoms with E-state index in [9.17, 15) is 0 Å². The minimum absolute atomic E-state index is 0.600. The van der Waals surface area contributed by atoms with Gasteiger partial charge in [-0.25, -0.2) is 9.97 Å². The molecule has 0 radical (unpaired) electrons. The zero-order chi connectivity index (χ0) is 17.1. The van der Waals surface area contributed by atoms with Gasteiger partial charge >= 0.3 is 0 Å². The quantitative estimate of drug-likeness (QED) is 0.845. The summed E-state index contributed by atoms with van der Waals surface area (Å²) in [5, 5.41) is 3.85. The first-order chi connectivity index (χ1) is 12.4. The summed E-state index contributed by atoms with van der Waals surface area (Å²) in [6, 6.07) is 11.7. The van der Waals surface area contributed by atoms with Crippen molar-refractivity contribution in [2.45, 2.75) is 64.0 Å². The molecule has 3 heteroatoms. The molecular weight excluding hydrogens is 306 g/mol. The van der Waals surface area contributed by atoms with Gasteiger partial charge in [0.1, 0.15) is 5.82 Å². The van der Waals surface area contributed by atoms with Crippen molar-refractivity contribution in [2.75, 3.05) is 0 Å². The fourth-order valence-corrected chi connectivity index (χ4v) is 4.94. The Labute approximate surface area is 151 Å². The highest BCUT2D eigenvalue weighted by atomic mass is 15.0. The second kappa shape index (κ2) is 7.65. The lowest BCUT2D eigenvalue weighted by atomic mass is 9.53. The van der Waals surface area contributed by atoms with E-state index in [0.29, 0.717) is 12.0 Å². The Morgan fingerprint density at radius 1 is 1.00 bits per heavy atom. The third kappa shape index (κ3) is 3.48. The standard InChI is InChI=1S/C22H29N3/c1-2-8-20-23-13-16(14-24-20)15-25-22-19-12-7-6-11-18(19)21(22)17-9-4-3-5-10-17/h3-5,9-10,13-14,18-19,21-22,25H,2,6-8,11-12,15H2,1H3/t18-,19+,21+,22+/m1/s1. The Hall–Kier alpha value is -1.74. The van der Waals surface area contributed by atoms with Crippen molar-refractivity contribution in [3.05, 3.63) is 59.7 Å². The highest BCUT2D eigenvalue weighted by Crippen LogP contribution is 2.54. The fraction of sp³-hybridized carbons (Fsp3) is 0.545. The second-order valence-corrected chi connectivity index (χ2v) is 7.71. The van der Waals surface area contributed by atoms with Gasteiger partial charge < -0.3 is 5.32 Å². The first-order valence-corrected chi connectivity index (χ1v) is 9.95. The van der Waals surface area contributed by atoms with Crippen molar-refractivity contribution in [1.29, 1.82) is 0 Å². The van der Waals surface area contributed by atoms with Crippen LogP contribution in [0, 0.1) is 11.8 Å². The molecule has 0 unspecified atom stereocenters. The van der Waals surface area contributed by atoms with Crippen LogP contribution in [0.1, 0.15) is 61.9 Å². The van der Waals surface area contributed by atoms with E-state index < -0.39 is 0 Å². The number of aromatic nitrogens is 2. The molecule has 132 valence electrons. The van der Waals surface area contributed by atoms with E-state index in [2.05, 4.69) is 52.5 Å². The molecule has 2 aliphatic carbocycles. The molecule has 2 aromatic rings. The Morgan fingerprint density at radius 3 is 2.44 bits per heavy atom. The zero-order valence-electron chi connectivity index (χ0n) is 15.2. The molecule has 0 aliphatic heterocycles. The van der Waals surface area contributed by atoms with Crippen LogP contribution in [0.2, 0.25) is 0 Å². The molecule has 4 atom stereocenters. The molecule has 4 rings (SSSR count). The van der Waals surface area contributed by atoms with E-state index >= 15 is 0 Å². The molecule has 1 N–H and O–H groups in total. The molecule has 0 spiro atoms. The van der Waals surface area contributed by atoms with Crippen molar-refractivity contribution < 1.29 is 0 Å². The molecule has 1 aromatic heterocycles. The normalized spacial score (nSPS) is 28.2. The number of hydrogen-bond acceptors (Lipinski definition) is 3. The summed E-state index contributed by atoms with van der Waals surface area (Å²) in [6.45, 7) is 3.04. The van der Waals surface area contributed by atoms with Crippen LogP contribution >= 0.6 is 0 Å². The molecule has 2 fully saturated rings. The van der Waals surface area contributed by atoms with Crippen molar-refractivity contribution in [1.82, 2.24) is 15.3 Å². The maximum Gasteiger partial charge on any atom is 0.128 e. The smallest absolute Gasteiger partial charge is 0.128 e. The van der Waals surface area contributed by atoms with Gasteiger partial charge in [-0.05, 0) is 36.7 Å². The minimum atomic E-state index is 0.600. The Morgan fingerprint density at radius 2 is 1.72 bits per heavy atom. The summed E-state index contributed by atoms with van der Waals surface area (Å²) < 4.78 is 0. The second-order valence-electron chi connectivity index (χ2n) is 7.71. The summed E-state index contributed by atoms with van der Waals surface area (Å²) in [5.41, 5.74) is 2.71. The van der Waals surface area contributed by atoms with Crippen LogP contribution in [-0.4, -0.2) is 16.0 Å². The predicted molar refractivity (Wildman–Crippen MR) is 101 cm³/mol. The summed E-state index contributed by atoms with van der Waals surface area (Å²) in [7, 11) is 0. The van der Waals surface area contributed by atoms with E-state index in [4.69, 9.17) is 0 Å². The molecule has 3 nitrogen and oxygen atoms in total. The largest absolute Gasteiger partial charge is 0.309 e. The summed E-state index contributed by atoms with van der Waals surface area (Å²) >= 11 is 0. The maximum absolute atomic E-state index is 4.50. The molecule has 0 amide bonds. The van der Waals surface area contributed by atoms with Gasteiger partial charge in [-0.3, -0.25) is 0 Å². The summed E-state index contributed by atoms with van der Waals surface area (Å²) in [4.78, 5) is 9.00. The van der Waals surface area contributed by atoms with Crippen LogP contribution in [0.25, 0.3) is 0 Å². The zero-order valence-corrected chi connectivity index (χ0v) is 15.2. The lowest BCUT2D eigenvalue weighted by Gasteiger charge is -2.55. The van der Waals surface area contributed by atoms with Crippen LogP contribution in [0.5, 0.6) is 0 Å². The first-order valence-electron chi connectivity index (χ1n) is 9.95. The summed E-state index contributed by atoms with van der Waals surface area (Å²) in [5.74, 6) is 3.35. The highest BCUT2D eigenvalue weighted by Gasteiger charge is 2.50. The van der Waals surface area contributed by atoms with Crippen molar-refractivity contribution in [3.63, 3.8) is 0 Å². The molecule has 25 heavy (non-hydrogen) atoms. The van der Waals surface area contributed by atoms with Gasteiger partial charge in [0.25, 0.3) is 0 Å². The van der Waals surface area contributed by atoms with Crippen molar-refractivity contribution in [2.24, 2.45) is 11.8 Å². The number of nitrogens with one attached hydrogen (secondary N) is 1. The number of nitrogens with zero attached hydrogens (tertiary/aromatic N) is 2. The maximum atomic E-state index is 4.50. The van der Waals surface area contributed by atoms with E-state index in [1.54, 1.807) is 0 Å². The van der Waals surface area contributed by atoms with Gasteiger partial charge in [0.15, 0.2) is 0 Å². The molecule has 0 bridgehead atoms. The number of rotatable bonds is 6. The molecule has 0 saturated heterocycles. The number of benzene rings is 1. The van der Waals surface area contributed by atoms with Gasteiger partial charge in [0, 0.05) is 42.9 Å². The minimum Gasteiger partial charge on any atom is -0.309 e. The number of hydrogen-bond donors (Lipinski definition) is 1. The van der Waals surface area contributed by atoms with Gasteiger partial charge in [-0.2, -0.15) is 0 Å². The van der Waals surface area contributed by atoms with Crippen LogP contribution in [0.3, 0.4) is 0 Å². The predicted octanol–water partition coefficient (Wildman–Crippen LogP) is 4.49. The third-order valence-electron chi connectivity index (χ3n) is 6.14. The molecular formula is C22H29N3. The Bertz CT molecular complexity index is 667. The first kappa shape index (κ1) is 16.7. The molecule has 2 saturated carbocycles. The van der Waals surface area contributed by atoms with Crippen LogP contribution in [0.15, 0.2) is 42.7 Å². The monoisotopic (exact) mass is 335 g/mol. The van der Waals surface area contributed by atoms with Crippen molar-refractivity contribution >= 4 is 0 Å². The highest BCUT2D eigenvalue weighted by molar-refractivity contribution is 5.28. The van der Waals surface area contributed by atoms with Crippen molar-refractivity contribution in [3.8, 4) is 0 Å². The van der Waals surface area contributed by atoms with E-state index in [1.165, 1.54) is 36.8 Å². The van der Waals surface area contributed by atoms with E-state index in [-0.39, 0.29) is 0 Å². The lowest BCUT2D eigenvalue weighted by Crippen LogP contribution is -2.57. The Kier molecular flexibility index (Phi) is 5.12. The molecule has 1 heterocycles. The van der Waals surface area contributed by atoms with E-state index in [0.717, 1.165) is 37.0 Å². The van der Waals surface area contributed by atoms with Gasteiger partial charge in [0.05, 0.1) is 0 Å². The number of fused-ring (bicyclic) bond motifs is 1. The molecule has 1 aromatic carbocycles. The van der Waals surface area contributed by atoms with Gasteiger partial charge in [-0.1, -0.05) is 50.1 Å².